The maximum Gasteiger partial charge on any atom is 0.416 e. The minimum Gasteiger partial charge on any atom is -0.495 e. The van der Waals surface area contributed by atoms with E-state index in [9.17, 15) is 21.6 Å². The van der Waals surface area contributed by atoms with Crippen molar-refractivity contribution in [3.05, 3.63) is 65.9 Å². The van der Waals surface area contributed by atoms with Crippen LogP contribution in [0.5, 0.6) is 5.75 Å². The van der Waals surface area contributed by atoms with Crippen molar-refractivity contribution < 1.29 is 26.3 Å². The van der Waals surface area contributed by atoms with Crippen molar-refractivity contribution in [3.8, 4) is 5.75 Å². The van der Waals surface area contributed by atoms with E-state index in [1.807, 2.05) is 0 Å². The first-order valence-electron chi connectivity index (χ1n) is 8.62. The largest absolute Gasteiger partial charge is 0.495 e. The van der Waals surface area contributed by atoms with Crippen LogP contribution in [-0.4, -0.2) is 30.7 Å². The van der Waals surface area contributed by atoms with Crippen molar-refractivity contribution in [3.63, 3.8) is 0 Å². The zero-order valence-corrected chi connectivity index (χ0v) is 17.4. The Kier molecular flexibility index (Phi) is 5.27. The summed E-state index contributed by atoms with van der Waals surface area (Å²) in [5, 5.41) is 10.3. The fraction of sp³-hybridized carbons (Fsp3) is 0.105. The monoisotopic (exact) mass is 466 g/mol. The van der Waals surface area contributed by atoms with Crippen LogP contribution < -0.4 is 9.04 Å². The lowest BCUT2D eigenvalue weighted by Crippen LogP contribution is -2.27. The molecule has 0 aliphatic rings. The zero-order chi connectivity index (χ0) is 22.2. The summed E-state index contributed by atoms with van der Waals surface area (Å²) in [6.07, 6.45) is -0.310. The number of rotatable bonds is 5. The molecular formula is C19H13F3N4O3S2. The van der Waals surface area contributed by atoms with Gasteiger partial charge in [0.1, 0.15) is 11.4 Å². The van der Waals surface area contributed by atoms with E-state index in [1.54, 1.807) is 11.4 Å². The van der Waals surface area contributed by atoms with E-state index in [0.717, 1.165) is 33.8 Å². The van der Waals surface area contributed by atoms with Crippen molar-refractivity contribution in [1.29, 1.82) is 0 Å². The molecule has 0 aliphatic heterocycles. The number of halogens is 3. The first kappa shape index (κ1) is 21.0. The number of hydrogen-bond acceptors (Lipinski definition) is 7. The molecule has 2 aromatic carbocycles. The van der Waals surface area contributed by atoms with E-state index in [0.29, 0.717) is 10.8 Å². The molecule has 2 heterocycles. The summed E-state index contributed by atoms with van der Waals surface area (Å²) in [7, 11) is -3.11. The van der Waals surface area contributed by atoms with Crippen LogP contribution in [0.4, 0.5) is 24.0 Å². The number of hydrogen-bond donors (Lipinski definition) is 0. The summed E-state index contributed by atoms with van der Waals surface area (Å²) in [4.78, 5) is 3.97. The number of fused-ring (bicyclic) bond motifs is 1. The lowest BCUT2D eigenvalue weighted by molar-refractivity contribution is -0.137. The molecule has 4 aromatic rings. The average molecular weight is 466 g/mol. The molecule has 12 heteroatoms. The van der Waals surface area contributed by atoms with Crippen molar-refractivity contribution in [2.75, 3.05) is 11.4 Å². The molecule has 0 atom stereocenters. The Morgan fingerprint density at radius 1 is 1.03 bits per heavy atom. The third-order valence-electron chi connectivity index (χ3n) is 4.38. The van der Waals surface area contributed by atoms with Gasteiger partial charge in [-0.2, -0.15) is 23.4 Å². The third kappa shape index (κ3) is 3.91. The second-order valence-electron chi connectivity index (χ2n) is 6.25. The number of benzene rings is 2. The standard InChI is InChI=1S/C19H13F3N4O3S2/c1-29-17-9-14(19(20,21)22)3-5-16(17)26(18-23-6-7-30-18)31(27,28)15-4-2-12-10-24-25-11-13(12)8-15/h2-11H,1H3. The topological polar surface area (TPSA) is 85.3 Å². The minimum atomic E-state index is -4.62. The van der Waals surface area contributed by atoms with Crippen LogP contribution in [0.15, 0.2) is 65.3 Å². The minimum absolute atomic E-state index is 0.0472. The molecule has 0 bridgehead atoms. The molecule has 0 amide bonds. The molecule has 160 valence electrons. The van der Waals surface area contributed by atoms with E-state index in [2.05, 4.69) is 15.2 Å². The number of methoxy groups -OCH3 is 1. The van der Waals surface area contributed by atoms with Gasteiger partial charge in [0.2, 0.25) is 5.13 Å². The summed E-state index contributed by atoms with van der Waals surface area (Å²) in [6, 6.07) is 6.96. The first-order valence-corrected chi connectivity index (χ1v) is 10.9. The SMILES string of the molecule is COc1cc(C(F)(F)F)ccc1N(c1nccs1)S(=O)(=O)c1ccc2cnncc2c1. The van der Waals surface area contributed by atoms with Crippen LogP contribution in [-0.2, 0) is 16.2 Å². The van der Waals surface area contributed by atoms with E-state index in [-0.39, 0.29) is 21.5 Å². The highest BCUT2D eigenvalue weighted by Crippen LogP contribution is 2.42. The molecule has 0 N–H and O–H groups in total. The van der Waals surface area contributed by atoms with Crippen LogP contribution in [0, 0.1) is 0 Å². The van der Waals surface area contributed by atoms with Gasteiger partial charge in [0.15, 0.2) is 0 Å². The number of aromatic nitrogens is 3. The normalized spacial score (nSPS) is 12.1. The summed E-state index contributed by atoms with van der Waals surface area (Å²) >= 11 is 1.02. The van der Waals surface area contributed by atoms with E-state index >= 15 is 0 Å². The highest BCUT2D eigenvalue weighted by atomic mass is 32.2. The van der Waals surface area contributed by atoms with Gasteiger partial charge < -0.3 is 4.74 Å². The predicted molar refractivity (Wildman–Crippen MR) is 109 cm³/mol. The molecule has 0 fully saturated rings. The second kappa shape index (κ2) is 7.78. The summed E-state index contributed by atoms with van der Waals surface area (Å²) in [5.41, 5.74) is -1.06. The number of anilines is 2. The molecule has 0 unspecified atom stereocenters. The third-order valence-corrected chi connectivity index (χ3v) is 6.95. The molecule has 0 radical (unpaired) electrons. The Morgan fingerprint density at radius 3 is 2.42 bits per heavy atom. The number of alkyl halides is 3. The van der Waals surface area contributed by atoms with Gasteiger partial charge in [-0.25, -0.2) is 17.7 Å². The van der Waals surface area contributed by atoms with Gasteiger partial charge in [0.25, 0.3) is 10.0 Å². The zero-order valence-electron chi connectivity index (χ0n) is 15.7. The molecule has 0 saturated heterocycles. The number of ether oxygens (including phenoxy) is 1. The highest BCUT2D eigenvalue weighted by molar-refractivity contribution is 7.93. The van der Waals surface area contributed by atoms with Crippen LogP contribution in [0.3, 0.4) is 0 Å². The molecule has 2 aromatic heterocycles. The van der Waals surface area contributed by atoms with E-state index in [1.165, 1.54) is 37.8 Å². The van der Waals surface area contributed by atoms with Gasteiger partial charge in [-0.1, -0.05) is 6.07 Å². The summed E-state index contributed by atoms with van der Waals surface area (Å²) in [5.74, 6) is -0.264. The van der Waals surface area contributed by atoms with Gasteiger partial charge in [-0.05, 0) is 30.3 Å². The lowest BCUT2D eigenvalue weighted by Gasteiger charge is -2.24. The Labute approximate surface area is 178 Å². The molecule has 31 heavy (non-hydrogen) atoms. The van der Waals surface area contributed by atoms with Crippen LogP contribution in [0.1, 0.15) is 5.56 Å². The predicted octanol–water partition coefficient (Wildman–Crippen LogP) is 4.64. The molecular weight excluding hydrogens is 453 g/mol. The van der Waals surface area contributed by atoms with Gasteiger partial charge in [-0.3, -0.25) is 0 Å². The number of sulfonamides is 1. The van der Waals surface area contributed by atoms with Crippen molar-refractivity contribution in [2.24, 2.45) is 0 Å². The van der Waals surface area contributed by atoms with E-state index < -0.39 is 21.8 Å². The Morgan fingerprint density at radius 2 is 1.77 bits per heavy atom. The first-order chi connectivity index (χ1) is 14.7. The highest BCUT2D eigenvalue weighted by Gasteiger charge is 2.35. The Balaban J connectivity index is 1.92. The molecule has 7 nitrogen and oxygen atoms in total. The van der Waals surface area contributed by atoms with Gasteiger partial charge in [-0.15, -0.1) is 11.3 Å². The van der Waals surface area contributed by atoms with Crippen molar-refractivity contribution in [1.82, 2.24) is 15.2 Å². The Hall–Kier alpha value is -3.25. The summed E-state index contributed by atoms with van der Waals surface area (Å²) in [6.45, 7) is 0. The average Bonchev–Trinajstić information content (AvgIpc) is 3.27. The van der Waals surface area contributed by atoms with Gasteiger partial charge in [0, 0.05) is 22.3 Å². The lowest BCUT2D eigenvalue weighted by atomic mass is 10.2. The molecule has 0 spiro atoms. The van der Waals surface area contributed by atoms with Gasteiger partial charge >= 0.3 is 6.18 Å². The van der Waals surface area contributed by atoms with Crippen molar-refractivity contribution >= 4 is 43.0 Å². The molecule has 0 saturated carbocycles. The summed E-state index contributed by atoms with van der Waals surface area (Å²) < 4.78 is 72.6. The molecule has 0 aliphatic carbocycles. The van der Waals surface area contributed by atoms with Crippen LogP contribution in [0.25, 0.3) is 10.8 Å². The number of thiazole rings is 1. The maximum absolute atomic E-state index is 13.6. The molecule has 4 rings (SSSR count). The van der Waals surface area contributed by atoms with Crippen LogP contribution >= 0.6 is 11.3 Å². The van der Waals surface area contributed by atoms with Crippen molar-refractivity contribution in [2.45, 2.75) is 11.1 Å². The fourth-order valence-electron chi connectivity index (χ4n) is 2.91. The smallest absolute Gasteiger partial charge is 0.416 e. The van der Waals surface area contributed by atoms with Crippen LogP contribution in [0.2, 0.25) is 0 Å². The Bertz CT molecular complexity index is 1340. The number of nitrogens with zero attached hydrogens (tertiary/aromatic N) is 4. The quantitative estimate of drug-likeness (QED) is 0.426. The second-order valence-corrected chi connectivity index (χ2v) is 8.91. The maximum atomic E-state index is 13.6. The fourth-order valence-corrected chi connectivity index (χ4v) is 5.28. The van der Waals surface area contributed by atoms with E-state index in [4.69, 9.17) is 4.74 Å². The van der Waals surface area contributed by atoms with Gasteiger partial charge in [0.05, 0.1) is 30.0 Å².